The smallest absolute Gasteiger partial charge is 0.329 e. The molecule has 210 valence electrons. The predicted molar refractivity (Wildman–Crippen MR) is 151 cm³/mol. The first-order valence-corrected chi connectivity index (χ1v) is 14.0. The van der Waals surface area contributed by atoms with Crippen molar-refractivity contribution in [2.75, 3.05) is 5.32 Å². The van der Waals surface area contributed by atoms with Gasteiger partial charge in [-0.15, -0.1) is 0 Å². The second-order valence-corrected chi connectivity index (χ2v) is 10.8. The fraction of sp³-hybridized carbons (Fsp3) is 0.100. The average Bonchev–Trinajstić information content (AvgIpc) is 2.96. The van der Waals surface area contributed by atoms with Gasteiger partial charge in [-0.25, -0.2) is 22.7 Å². The number of aromatic carboxylic acids is 1. The number of rotatable bonds is 9. The van der Waals surface area contributed by atoms with E-state index in [-0.39, 0.29) is 16.1 Å². The van der Waals surface area contributed by atoms with Crippen LogP contribution >= 0.6 is 0 Å². The first kappa shape index (κ1) is 28.8. The highest BCUT2D eigenvalue weighted by Crippen LogP contribution is 2.29. The lowest BCUT2D eigenvalue weighted by atomic mass is 9.93. The third-order valence-electron chi connectivity index (χ3n) is 6.14. The molecule has 0 aromatic heterocycles. The lowest BCUT2D eigenvalue weighted by Crippen LogP contribution is -2.46. The summed E-state index contributed by atoms with van der Waals surface area (Å²) in [4.78, 5) is 37.4. The summed E-state index contributed by atoms with van der Waals surface area (Å²) in [5.41, 5.74) is 2.16. The van der Waals surface area contributed by atoms with Gasteiger partial charge in [0.1, 0.15) is 0 Å². The van der Waals surface area contributed by atoms with Gasteiger partial charge in [-0.3, -0.25) is 0 Å². The molecule has 41 heavy (non-hydrogen) atoms. The Balaban J connectivity index is 1.63. The van der Waals surface area contributed by atoms with Gasteiger partial charge in [-0.1, -0.05) is 90.5 Å². The minimum atomic E-state index is -4.18. The molecule has 0 fully saturated rings. The Morgan fingerprint density at radius 2 is 1.22 bits per heavy atom. The molecular weight excluding hydrogens is 544 g/mol. The van der Waals surface area contributed by atoms with Gasteiger partial charge >= 0.3 is 12.1 Å². The molecule has 4 aromatic carbocycles. The van der Waals surface area contributed by atoms with E-state index in [1.54, 1.807) is 72.8 Å². The number of aryl methyl sites for hydroxylation is 1. The molecule has 4 N–H and O–H groups in total. The first-order valence-electron chi connectivity index (χ1n) is 12.5. The Labute approximate surface area is 237 Å². The Morgan fingerprint density at radius 3 is 1.76 bits per heavy atom. The van der Waals surface area contributed by atoms with Crippen LogP contribution in [0.4, 0.5) is 15.3 Å². The van der Waals surface area contributed by atoms with Crippen molar-refractivity contribution in [3.63, 3.8) is 0 Å². The molecule has 0 spiro atoms. The Kier molecular flexibility index (Phi) is 9.00. The number of carboxylic acids is 1. The lowest BCUT2D eigenvalue weighted by Gasteiger charge is -2.30. The van der Waals surface area contributed by atoms with E-state index in [2.05, 4.69) is 16.0 Å². The normalized spacial score (nSPS) is 12.4. The van der Waals surface area contributed by atoms with E-state index in [1.807, 2.05) is 11.6 Å². The average molecular weight is 572 g/mol. The van der Waals surface area contributed by atoms with Crippen molar-refractivity contribution in [3.8, 4) is 0 Å². The van der Waals surface area contributed by atoms with Crippen LogP contribution in [0.15, 0.2) is 114 Å². The van der Waals surface area contributed by atoms with Gasteiger partial charge in [0, 0.05) is 5.69 Å². The number of hydrogen-bond acceptors (Lipinski definition) is 6. The molecule has 0 saturated heterocycles. The monoisotopic (exact) mass is 571 g/mol. The summed E-state index contributed by atoms with van der Waals surface area (Å²) in [6, 6.07) is 25.7. The summed E-state index contributed by atoms with van der Waals surface area (Å²) >= 11 is 0. The topological polar surface area (TPSA) is 157 Å². The van der Waals surface area contributed by atoms with Crippen LogP contribution in [0, 0.1) is 6.92 Å². The lowest BCUT2D eigenvalue weighted by molar-refractivity contribution is -0.255. The number of hydrogen-bond donors (Lipinski definition) is 4. The van der Waals surface area contributed by atoms with Crippen molar-refractivity contribution < 1.29 is 27.9 Å². The Hall–Kier alpha value is -5.16. The molecule has 2 unspecified atom stereocenters. The molecule has 0 aliphatic rings. The van der Waals surface area contributed by atoms with E-state index >= 15 is 0 Å². The van der Waals surface area contributed by atoms with Gasteiger partial charge < -0.3 is 25.9 Å². The minimum absolute atomic E-state index is 0.0783. The third kappa shape index (κ3) is 7.70. The van der Waals surface area contributed by atoms with E-state index < -0.39 is 40.1 Å². The van der Waals surface area contributed by atoms with Crippen LogP contribution in [0.3, 0.4) is 0 Å². The largest absolute Gasteiger partial charge is 0.545 e. The van der Waals surface area contributed by atoms with Crippen LogP contribution in [-0.4, -0.2) is 26.4 Å². The van der Waals surface area contributed by atoms with Gasteiger partial charge in [0.25, 0.3) is 10.0 Å². The molecule has 0 bridgehead atoms. The van der Waals surface area contributed by atoms with Crippen molar-refractivity contribution in [2.24, 2.45) is 0 Å². The molecule has 10 nitrogen and oxygen atoms in total. The number of urea groups is 2. The summed E-state index contributed by atoms with van der Waals surface area (Å²) < 4.78 is 27.8. The highest BCUT2D eigenvalue weighted by atomic mass is 32.2. The number of nitrogens with one attached hydrogen (secondary N) is 4. The molecule has 0 aliphatic carbocycles. The number of carbonyl (C=O) groups excluding carboxylic acids is 3. The number of carbonyl (C=O) groups is 3. The highest BCUT2D eigenvalue weighted by molar-refractivity contribution is 7.90. The van der Waals surface area contributed by atoms with Crippen molar-refractivity contribution in [3.05, 3.63) is 131 Å². The van der Waals surface area contributed by atoms with Crippen molar-refractivity contribution in [1.29, 1.82) is 0 Å². The maximum atomic E-state index is 13.1. The van der Waals surface area contributed by atoms with E-state index in [4.69, 9.17) is 0 Å². The molecule has 4 aromatic rings. The van der Waals surface area contributed by atoms with Gasteiger partial charge in [0.2, 0.25) is 0 Å². The van der Waals surface area contributed by atoms with E-state index in [1.165, 1.54) is 36.4 Å². The Morgan fingerprint density at radius 1 is 0.683 bits per heavy atom. The summed E-state index contributed by atoms with van der Waals surface area (Å²) in [5.74, 6) is -1.39. The van der Waals surface area contributed by atoms with Gasteiger partial charge in [-0.05, 0) is 47.9 Å². The molecule has 0 saturated carbocycles. The zero-order chi connectivity index (χ0) is 29.4. The molecule has 4 rings (SSSR count). The van der Waals surface area contributed by atoms with E-state index in [0.717, 1.165) is 5.56 Å². The summed E-state index contributed by atoms with van der Waals surface area (Å²) in [5, 5.41) is 19.4. The zero-order valence-electron chi connectivity index (χ0n) is 21.9. The second-order valence-electron chi connectivity index (χ2n) is 9.14. The molecule has 11 heteroatoms. The molecule has 0 heterocycles. The third-order valence-corrected chi connectivity index (χ3v) is 7.49. The fourth-order valence-corrected chi connectivity index (χ4v) is 5.06. The van der Waals surface area contributed by atoms with Crippen molar-refractivity contribution in [2.45, 2.75) is 23.9 Å². The quantitative estimate of drug-likeness (QED) is 0.240. The SMILES string of the molecule is Cc1ccc(S(=O)(=O)NC(=O)NC(c2ccccc2)C(NC(=O)Nc2cccc(C(=O)[O-])c2)c2ccccc2)cc1. The molecule has 0 aliphatic heterocycles. The summed E-state index contributed by atoms with van der Waals surface area (Å²) in [6.07, 6.45) is 0. The van der Waals surface area contributed by atoms with Gasteiger partial charge in [-0.2, -0.15) is 0 Å². The van der Waals surface area contributed by atoms with Crippen LogP contribution in [0.2, 0.25) is 0 Å². The number of anilines is 1. The number of sulfonamides is 1. The molecule has 2 atom stereocenters. The van der Waals surface area contributed by atoms with Crippen LogP contribution < -0.4 is 25.8 Å². The zero-order valence-corrected chi connectivity index (χ0v) is 22.7. The Bertz CT molecular complexity index is 1630. The van der Waals surface area contributed by atoms with Gasteiger partial charge in [0.15, 0.2) is 0 Å². The second kappa shape index (κ2) is 12.8. The predicted octanol–water partition coefficient (Wildman–Crippen LogP) is 3.65. The molecular formula is C30H27N4O6S-. The molecule has 0 radical (unpaired) electrons. The van der Waals surface area contributed by atoms with Crippen molar-refractivity contribution in [1.82, 2.24) is 15.4 Å². The number of carboxylic acid groups (broad SMARTS) is 1. The van der Waals surface area contributed by atoms with Crippen molar-refractivity contribution >= 4 is 33.7 Å². The standard InChI is InChI=1S/C30H28N4O6S/c1-20-15-17-25(18-16-20)41(39,40)34-30(38)33-27(22-11-6-3-7-12-22)26(21-9-4-2-5-10-21)32-29(37)31-24-14-8-13-23(19-24)28(35)36/h2-19,26-27H,1H3,(H,35,36)(H2,31,32,37)(H2,33,34,38)/p-1. The van der Waals surface area contributed by atoms with Crippen LogP contribution in [0.25, 0.3) is 0 Å². The summed E-state index contributed by atoms with van der Waals surface area (Å²) in [6.45, 7) is 1.81. The molecule has 4 amide bonds. The summed E-state index contributed by atoms with van der Waals surface area (Å²) in [7, 11) is -4.18. The van der Waals surface area contributed by atoms with Crippen LogP contribution in [0.5, 0.6) is 0 Å². The number of amides is 4. The van der Waals surface area contributed by atoms with E-state index in [9.17, 15) is 27.9 Å². The minimum Gasteiger partial charge on any atom is -0.545 e. The number of benzene rings is 4. The first-order chi connectivity index (χ1) is 19.6. The highest BCUT2D eigenvalue weighted by Gasteiger charge is 2.29. The van der Waals surface area contributed by atoms with Gasteiger partial charge in [0.05, 0.1) is 22.9 Å². The van der Waals surface area contributed by atoms with Crippen LogP contribution in [-0.2, 0) is 10.0 Å². The maximum absolute atomic E-state index is 13.1. The maximum Gasteiger partial charge on any atom is 0.329 e. The van der Waals surface area contributed by atoms with Crippen LogP contribution in [0.1, 0.15) is 39.1 Å². The van der Waals surface area contributed by atoms with E-state index in [0.29, 0.717) is 11.1 Å². The fourth-order valence-electron chi connectivity index (χ4n) is 4.14.